The summed E-state index contributed by atoms with van der Waals surface area (Å²) in [4.78, 5) is 0. The molecule has 0 saturated carbocycles. The van der Waals surface area contributed by atoms with Crippen molar-refractivity contribution < 1.29 is 0 Å². The Morgan fingerprint density at radius 1 is 1.22 bits per heavy atom. The van der Waals surface area contributed by atoms with Crippen molar-refractivity contribution >= 4 is 0 Å². The Balaban J connectivity index is 3.07. The molecule has 100 valence electrons. The normalized spacial score (nSPS) is 12.5. The quantitative estimate of drug-likeness (QED) is 0.721. The van der Waals surface area contributed by atoms with Crippen LogP contribution in [0.15, 0.2) is 24.3 Å². The Kier molecular flexibility index (Phi) is 5.61. The summed E-state index contributed by atoms with van der Waals surface area (Å²) in [7, 11) is 0. The molecular weight excluding hydrogens is 218 g/mol. The molecule has 0 aliphatic rings. The van der Waals surface area contributed by atoms with Gasteiger partial charge in [0.15, 0.2) is 0 Å². The lowest BCUT2D eigenvalue weighted by atomic mass is 9.91. The van der Waals surface area contributed by atoms with Crippen LogP contribution in [-0.4, -0.2) is 6.54 Å². The lowest BCUT2D eigenvalue weighted by molar-refractivity contribution is 0.523. The van der Waals surface area contributed by atoms with Gasteiger partial charge in [-0.3, -0.25) is 0 Å². The van der Waals surface area contributed by atoms with Crippen LogP contribution in [-0.2, 0) is 0 Å². The minimum absolute atomic E-state index is 0.406. The van der Waals surface area contributed by atoms with Crippen molar-refractivity contribution in [1.82, 2.24) is 5.32 Å². The molecule has 0 amide bonds. The first-order valence-electron chi connectivity index (χ1n) is 6.91. The fourth-order valence-electron chi connectivity index (χ4n) is 2.68. The summed E-state index contributed by atoms with van der Waals surface area (Å²) in [5.74, 6) is 0. The molecule has 0 bridgehead atoms. The molecule has 0 aliphatic carbocycles. The van der Waals surface area contributed by atoms with Gasteiger partial charge in [-0.05, 0) is 63.8 Å². The number of nitrogens with one attached hydrogen (secondary N) is 1. The Hall–Kier alpha value is -1.08. The van der Waals surface area contributed by atoms with Crippen molar-refractivity contribution in [2.45, 2.75) is 53.5 Å². The van der Waals surface area contributed by atoms with E-state index in [1.54, 1.807) is 0 Å². The number of aryl methyl sites for hydroxylation is 3. The molecule has 1 heteroatoms. The zero-order chi connectivity index (χ0) is 13.7. The first-order valence-corrected chi connectivity index (χ1v) is 6.91. The SMILES string of the molecule is C=C(C)CC(NCCC)c1c(C)cc(C)cc1C. The van der Waals surface area contributed by atoms with Gasteiger partial charge in [-0.15, -0.1) is 6.58 Å². The molecule has 1 atom stereocenters. The molecule has 0 heterocycles. The van der Waals surface area contributed by atoms with E-state index in [4.69, 9.17) is 0 Å². The third kappa shape index (κ3) is 3.99. The van der Waals surface area contributed by atoms with Crippen molar-refractivity contribution in [2.75, 3.05) is 6.54 Å². The van der Waals surface area contributed by atoms with Gasteiger partial charge >= 0.3 is 0 Å². The molecule has 1 N–H and O–H groups in total. The van der Waals surface area contributed by atoms with E-state index in [1.807, 2.05) is 0 Å². The minimum Gasteiger partial charge on any atom is -0.310 e. The van der Waals surface area contributed by atoms with Crippen LogP contribution in [0.25, 0.3) is 0 Å². The molecular formula is C17H27N. The summed E-state index contributed by atoms with van der Waals surface area (Å²) < 4.78 is 0. The van der Waals surface area contributed by atoms with E-state index in [2.05, 4.69) is 58.6 Å². The number of rotatable bonds is 6. The average Bonchev–Trinajstić information content (AvgIpc) is 2.23. The van der Waals surface area contributed by atoms with Crippen LogP contribution in [0.5, 0.6) is 0 Å². The predicted molar refractivity (Wildman–Crippen MR) is 81.1 cm³/mol. The van der Waals surface area contributed by atoms with Crippen molar-refractivity contribution in [3.05, 3.63) is 46.5 Å². The minimum atomic E-state index is 0.406. The van der Waals surface area contributed by atoms with Crippen LogP contribution in [0.4, 0.5) is 0 Å². The van der Waals surface area contributed by atoms with E-state index in [0.717, 1.165) is 19.4 Å². The van der Waals surface area contributed by atoms with Crippen molar-refractivity contribution in [1.29, 1.82) is 0 Å². The van der Waals surface area contributed by atoms with Crippen LogP contribution in [0.2, 0.25) is 0 Å². The maximum Gasteiger partial charge on any atom is 0.0362 e. The van der Waals surface area contributed by atoms with Crippen LogP contribution in [0.1, 0.15) is 55.0 Å². The summed E-state index contributed by atoms with van der Waals surface area (Å²) in [5.41, 5.74) is 6.82. The van der Waals surface area contributed by atoms with Gasteiger partial charge in [-0.1, -0.05) is 30.2 Å². The van der Waals surface area contributed by atoms with Crippen LogP contribution >= 0.6 is 0 Å². The average molecular weight is 245 g/mol. The van der Waals surface area contributed by atoms with Gasteiger partial charge < -0.3 is 5.32 Å². The van der Waals surface area contributed by atoms with Crippen LogP contribution in [0, 0.1) is 20.8 Å². The lowest BCUT2D eigenvalue weighted by Gasteiger charge is -2.23. The summed E-state index contributed by atoms with van der Waals surface area (Å²) in [5, 5.41) is 3.66. The third-order valence-electron chi connectivity index (χ3n) is 3.28. The lowest BCUT2D eigenvalue weighted by Crippen LogP contribution is -2.24. The van der Waals surface area contributed by atoms with Gasteiger partial charge in [0.2, 0.25) is 0 Å². The molecule has 0 saturated heterocycles. The molecule has 0 fully saturated rings. The largest absolute Gasteiger partial charge is 0.310 e. The van der Waals surface area contributed by atoms with Crippen LogP contribution < -0.4 is 5.32 Å². The fraction of sp³-hybridized carbons (Fsp3) is 0.529. The topological polar surface area (TPSA) is 12.0 Å². The zero-order valence-electron chi connectivity index (χ0n) is 12.6. The third-order valence-corrected chi connectivity index (χ3v) is 3.28. The Labute approximate surface area is 112 Å². The molecule has 1 rings (SSSR count). The Morgan fingerprint density at radius 2 is 1.78 bits per heavy atom. The van der Waals surface area contributed by atoms with Crippen molar-refractivity contribution in [2.24, 2.45) is 0 Å². The number of hydrogen-bond donors (Lipinski definition) is 1. The summed E-state index contributed by atoms with van der Waals surface area (Å²) >= 11 is 0. The first-order chi connectivity index (χ1) is 8.45. The van der Waals surface area contributed by atoms with Crippen molar-refractivity contribution in [3.8, 4) is 0 Å². The maximum atomic E-state index is 4.07. The molecule has 1 unspecified atom stereocenters. The predicted octanol–water partition coefficient (Wildman–Crippen LogP) is 4.62. The van der Waals surface area contributed by atoms with E-state index in [1.165, 1.54) is 27.8 Å². The highest BCUT2D eigenvalue weighted by Crippen LogP contribution is 2.27. The van der Waals surface area contributed by atoms with Crippen LogP contribution in [0.3, 0.4) is 0 Å². The molecule has 18 heavy (non-hydrogen) atoms. The monoisotopic (exact) mass is 245 g/mol. The molecule has 0 radical (unpaired) electrons. The Bertz CT molecular complexity index is 395. The summed E-state index contributed by atoms with van der Waals surface area (Å²) in [6.07, 6.45) is 2.18. The highest BCUT2D eigenvalue weighted by atomic mass is 14.9. The number of benzene rings is 1. The van der Waals surface area contributed by atoms with Gasteiger partial charge in [-0.2, -0.15) is 0 Å². The standard InChI is InChI=1S/C17H27N/c1-7-8-18-16(9-12(2)3)17-14(5)10-13(4)11-15(17)6/h10-11,16,18H,2,7-9H2,1,3-6H3. The molecule has 1 nitrogen and oxygen atoms in total. The number of hydrogen-bond acceptors (Lipinski definition) is 1. The van der Waals surface area contributed by atoms with Gasteiger partial charge in [0.25, 0.3) is 0 Å². The van der Waals surface area contributed by atoms with E-state index < -0.39 is 0 Å². The van der Waals surface area contributed by atoms with Gasteiger partial charge in [0.1, 0.15) is 0 Å². The second kappa shape index (κ2) is 6.75. The Morgan fingerprint density at radius 3 is 2.22 bits per heavy atom. The van der Waals surface area contributed by atoms with E-state index >= 15 is 0 Å². The van der Waals surface area contributed by atoms with Crippen molar-refractivity contribution in [3.63, 3.8) is 0 Å². The zero-order valence-corrected chi connectivity index (χ0v) is 12.6. The smallest absolute Gasteiger partial charge is 0.0362 e. The molecule has 0 aromatic heterocycles. The van der Waals surface area contributed by atoms with E-state index in [-0.39, 0.29) is 0 Å². The molecule has 0 aliphatic heterocycles. The molecule has 1 aromatic carbocycles. The molecule has 1 aromatic rings. The van der Waals surface area contributed by atoms with E-state index in [0.29, 0.717) is 6.04 Å². The first kappa shape index (κ1) is 15.0. The fourth-order valence-corrected chi connectivity index (χ4v) is 2.68. The van der Waals surface area contributed by atoms with Gasteiger partial charge in [0, 0.05) is 6.04 Å². The van der Waals surface area contributed by atoms with Gasteiger partial charge in [0.05, 0.1) is 0 Å². The summed E-state index contributed by atoms with van der Waals surface area (Å²) in [6.45, 7) is 16.0. The van der Waals surface area contributed by atoms with E-state index in [9.17, 15) is 0 Å². The second-order valence-electron chi connectivity index (χ2n) is 5.48. The second-order valence-corrected chi connectivity index (χ2v) is 5.48. The summed E-state index contributed by atoms with van der Waals surface area (Å²) in [6, 6.07) is 4.96. The van der Waals surface area contributed by atoms with Gasteiger partial charge in [-0.25, -0.2) is 0 Å². The highest BCUT2D eigenvalue weighted by molar-refractivity contribution is 5.40. The highest BCUT2D eigenvalue weighted by Gasteiger charge is 2.15. The maximum absolute atomic E-state index is 4.07. The molecule has 0 spiro atoms.